The van der Waals surface area contributed by atoms with Crippen LogP contribution in [0.5, 0.6) is 5.75 Å². The van der Waals surface area contributed by atoms with Crippen molar-refractivity contribution in [3.63, 3.8) is 0 Å². The normalized spacial score (nSPS) is 18.2. The van der Waals surface area contributed by atoms with E-state index in [1.165, 1.54) is 5.56 Å². The van der Waals surface area contributed by atoms with Gasteiger partial charge in [-0.1, -0.05) is 12.1 Å². The second kappa shape index (κ2) is 9.20. The van der Waals surface area contributed by atoms with Crippen LogP contribution in [-0.4, -0.2) is 52.2 Å². The molecule has 1 amide bonds. The van der Waals surface area contributed by atoms with Crippen molar-refractivity contribution in [1.82, 2.24) is 9.62 Å². The molecule has 0 spiro atoms. The second-order valence-corrected chi connectivity index (χ2v) is 8.48. The van der Waals surface area contributed by atoms with Gasteiger partial charge in [-0.05, 0) is 49.3 Å². The number of amides is 1. The number of nitrogens with one attached hydrogen (secondary N) is 1. The number of ether oxygens (including phenoxy) is 1. The summed E-state index contributed by atoms with van der Waals surface area (Å²) < 4.78 is 29.7. The molecule has 1 aromatic rings. The fourth-order valence-corrected chi connectivity index (χ4v) is 3.66. The number of aryl methyl sites for hydroxylation is 1. The van der Waals surface area contributed by atoms with E-state index in [9.17, 15) is 13.2 Å². The zero-order valence-corrected chi connectivity index (χ0v) is 15.8. The van der Waals surface area contributed by atoms with Crippen LogP contribution >= 0.6 is 0 Å². The number of piperidine rings is 1. The van der Waals surface area contributed by atoms with Gasteiger partial charge in [-0.2, -0.15) is 0 Å². The van der Waals surface area contributed by atoms with Gasteiger partial charge in [-0.25, -0.2) is 13.1 Å². The quantitative estimate of drug-likeness (QED) is 0.759. The maximum atomic E-state index is 12.3. The van der Waals surface area contributed by atoms with E-state index in [1.54, 1.807) is 7.11 Å². The van der Waals surface area contributed by atoms with Crippen LogP contribution in [0, 0.1) is 5.92 Å². The molecule has 1 saturated heterocycles. The summed E-state index contributed by atoms with van der Waals surface area (Å²) in [6.45, 7) is 1.72. The molecule has 1 atom stereocenters. The molecule has 1 aromatic carbocycles. The molecule has 1 aliphatic rings. The number of carbonyl (C=O) groups is 1. The number of rotatable bonds is 8. The highest BCUT2D eigenvalue weighted by Gasteiger charge is 2.23. The Balaban J connectivity index is 1.76. The highest BCUT2D eigenvalue weighted by atomic mass is 32.2. The average molecular weight is 368 g/mol. The first-order valence-corrected chi connectivity index (χ1v) is 10.6. The number of methoxy groups -OCH3 is 1. The van der Waals surface area contributed by atoms with Gasteiger partial charge in [-0.15, -0.1) is 0 Å². The van der Waals surface area contributed by atoms with E-state index >= 15 is 0 Å². The summed E-state index contributed by atoms with van der Waals surface area (Å²) in [5, 5.41) is 0. The zero-order chi connectivity index (χ0) is 18.3. The highest BCUT2D eigenvalue weighted by molar-refractivity contribution is 7.88. The van der Waals surface area contributed by atoms with Gasteiger partial charge in [-0.3, -0.25) is 4.79 Å². The Labute approximate surface area is 150 Å². The summed E-state index contributed by atoms with van der Waals surface area (Å²) in [5.41, 5.74) is 1.28. The van der Waals surface area contributed by atoms with E-state index < -0.39 is 10.0 Å². The van der Waals surface area contributed by atoms with Gasteiger partial charge < -0.3 is 9.64 Å². The Bertz CT molecular complexity index is 658. The smallest absolute Gasteiger partial charge is 0.223 e. The van der Waals surface area contributed by atoms with E-state index in [-0.39, 0.29) is 18.9 Å². The van der Waals surface area contributed by atoms with Crippen molar-refractivity contribution in [1.29, 1.82) is 0 Å². The fraction of sp³-hybridized carbons (Fsp3) is 0.611. The summed E-state index contributed by atoms with van der Waals surface area (Å²) in [4.78, 5) is 14.1. The lowest BCUT2D eigenvalue weighted by atomic mass is 9.91. The molecule has 0 aliphatic carbocycles. The van der Waals surface area contributed by atoms with Gasteiger partial charge in [0.05, 0.1) is 13.4 Å². The second-order valence-electron chi connectivity index (χ2n) is 6.65. The lowest BCUT2D eigenvalue weighted by Crippen LogP contribution is -2.41. The number of nitrogens with zero attached hydrogens (tertiary/aromatic N) is 1. The summed E-state index contributed by atoms with van der Waals surface area (Å²) >= 11 is 0. The summed E-state index contributed by atoms with van der Waals surface area (Å²) in [7, 11) is -1.57. The number of hydrogen-bond donors (Lipinski definition) is 1. The minimum atomic E-state index is -3.24. The van der Waals surface area contributed by atoms with Crippen molar-refractivity contribution >= 4 is 15.9 Å². The van der Waals surface area contributed by atoms with Crippen molar-refractivity contribution in [2.24, 2.45) is 5.92 Å². The molecule has 140 valence electrons. The van der Waals surface area contributed by atoms with E-state index in [0.29, 0.717) is 5.92 Å². The molecule has 7 heteroatoms. The Morgan fingerprint density at radius 3 is 2.68 bits per heavy atom. The maximum Gasteiger partial charge on any atom is 0.223 e. The van der Waals surface area contributed by atoms with Crippen LogP contribution in [0.4, 0.5) is 0 Å². The van der Waals surface area contributed by atoms with E-state index in [2.05, 4.69) is 16.9 Å². The largest absolute Gasteiger partial charge is 0.497 e. The van der Waals surface area contributed by atoms with Crippen molar-refractivity contribution in [3.05, 3.63) is 29.8 Å². The summed E-state index contributed by atoms with van der Waals surface area (Å²) in [6, 6.07) is 8.12. The molecular formula is C18H28N2O4S. The van der Waals surface area contributed by atoms with Crippen molar-refractivity contribution in [2.75, 3.05) is 33.0 Å². The van der Waals surface area contributed by atoms with Crippen LogP contribution in [0.2, 0.25) is 0 Å². The lowest BCUT2D eigenvalue weighted by Gasteiger charge is -2.33. The molecule has 0 aromatic heterocycles. The third kappa shape index (κ3) is 7.04. The monoisotopic (exact) mass is 368 g/mol. The predicted octanol–water partition coefficient (Wildman–Crippen LogP) is 1.81. The molecule has 0 bridgehead atoms. The Hall–Kier alpha value is -1.60. The first kappa shape index (κ1) is 19.7. The maximum absolute atomic E-state index is 12.3. The minimum Gasteiger partial charge on any atom is -0.497 e. The highest BCUT2D eigenvalue weighted by Crippen LogP contribution is 2.22. The molecule has 0 radical (unpaired) electrons. The van der Waals surface area contributed by atoms with Crippen LogP contribution in [-0.2, 0) is 21.2 Å². The molecule has 1 heterocycles. The lowest BCUT2D eigenvalue weighted by molar-refractivity contribution is -0.132. The summed E-state index contributed by atoms with van der Waals surface area (Å²) in [6.07, 6.45) is 5.52. The van der Waals surface area contributed by atoms with Gasteiger partial charge in [0.1, 0.15) is 5.75 Å². The number of benzene rings is 1. The average Bonchev–Trinajstić information content (AvgIpc) is 2.59. The number of likely N-dealkylation sites (tertiary alicyclic amines) is 1. The molecular weight excluding hydrogens is 340 g/mol. The first-order valence-electron chi connectivity index (χ1n) is 8.73. The molecule has 1 fully saturated rings. The third-order valence-corrected chi connectivity index (χ3v) is 5.30. The van der Waals surface area contributed by atoms with Crippen molar-refractivity contribution in [3.8, 4) is 5.75 Å². The van der Waals surface area contributed by atoms with Crippen LogP contribution < -0.4 is 9.46 Å². The Kier molecular flexibility index (Phi) is 7.25. The summed E-state index contributed by atoms with van der Waals surface area (Å²) in [5.74, 6) is 1.40. The molecule has 6 nitrogen and oxygen atoms in total. The molecule has 1 aliphatic heterocycles. The Morgan fingerprint density at radius 2 is 2.04 bits per heavy atom. The fourth-order valence-electron chi connectivity index (χ4n) is 3.19. The topological polar surface area (TPSA) is 75.7 Å². The molecule has 0 saturated carbocycles. The van der Waals surface area contributed by atoms with Gasteiger partial charge in [0, 0.05) is 26.1 Å². The predicted molar refractivity (Wildman–Crippen MR) is 98.1 cm³/mol. The van der Waals surface area contributed by atoms with Crippen LogP contribution in [0.15, 0.2) is 24.3 Å². The first-order chi connectivity index (χ1) is 11.9. The van der Waals surface area contributed by atoms with Crippen LogP contribution in [0.3, 0.4) is 0 Å². The zero-order valence-electron chi connectivity index (χ0n) is 15.0. The van der Waals surface area contributed by atoms with Gasteiger partial charge in [0.2, 0.25) is 15.9 Å². The van der Waals surface area contributed by atoms with Crippen LogP contribution in [0.1, 0.15) is 31.2 Å². The number of hydrogen-bond acceptors (Lipinski definition) is 4. The number of carbonyl (C=O) groups excluding carboxylic acids is 1. The standard InChI is InChI=1S/C18H28N2O4S/c1-24-17-9-7-15(8-10-17)5-6-16-4-3-13-20(14-16)18(21)11-12-19-25(2,22)23/h7-10,16,19H,3-6,11-14H2,1-2H3/t16-/m0/s1. The number of sulfonamides is 1. The van der Waals surface area contributed by atoms with E-state index in [4.69, 9.17) is 4.74 Å². The van der Waals surface area contributed by atoms with Crippen molar-refractivity contribution in [2.45, 2.75) is 32.1 Å². The Morgan fingerprint density at radius 1 is 1.32 bits per heavy atom. The molecule has 25 heavy (non-hydrogen) atoms. The van der Waals surface area contributed by atoms with E-state index in [0.717, 1.165) is 50.8 Å². The van der Waals surface area contributed by atoms with Crippen molar-refractivity contribution < 1.29 is 17.9 Å². The van der Waals surface area contributed by atoms with Gasteiger partial charge in [0.15, 0.2) is 0 Å². The molecule has 1 N–H and O–H groups in total. The molecule has 0 unspecified atom stereocenters. The van der Waals surface area contributed by atoms with Gasteiger partial charge in [0.25, 0.3) is 0 Å². The van der Waals surface area contributed by atoms with Gasteiger partial charge >= 0.3 is 0 Å². The third-order valence-electron chi connectivity index (χ3n) is 4.58. The SMILES string of the molecule is COc1ccc(CC[C@@H]2CCCN(C(=O)CCNS(C)(=O)=O)C2)cc1. The van der Waals surface area contributed by atoms with E-state index in [1.807, 2.05) is 17.0 Å². The minimum absolute atomic E-state index is 0.0327. The van der Waals surface area contributed by atoms with Crippen LogP contribution in [0.25, 0.3) is 0 Å². The molecule has 2 rings (SSSR count).